The lowest BCUT2D eigenvalue weighted by atomic mass is 9.85. The molecule has 0 amide bonds. The molecule has 0 bridgehead atoms. The van der Waals surface area contributed by atoms with E-state index in [0.29, 0.717) is 40.6 Å². The average Bonchev–Trinajstić information content (AvgIpc) is 3.47. The Morgan fingerprint density at radius 1 is 1.21 bits per heavy atom. The van der Waals surface area contributed by atoms with E-state index < -0.39 is 31.1 Å². The van der Waals surface area contributed by atoms with Crippen molar-refractivity contribution in [3.05, 3.63) is 30.5 Å². The van der Waals surface area contributed by atoms with E-state index in [2.05, 4.69) is 25.7 Å². The first kappa shape index (κ1) is 24.8. The Labute approximate surface area is 213 Å². The van der Waals surface area contributed by atoms with Gasteiger partial charge in [0, 0.05) is 43.7 Å². The number of ether oxygens (including phenoxy) is 1. The topological polar surface area (TPSA) is 85.4 Å². The predicted molar refractivity (Wildman–Crippen MR) is 129 cm³/mol. The van der Waals surface area contributed by atoms with Crippen LogP contribution in [-0.2, 0) is 6.54 Å². The number of anilines is 1. The summed E-state index contributed by atoms with van der Waals surface area (Å²) >= 11 is 0. The van der Waals surface area contributed by atoms with Crippen molar-refractivity contribution in [2.45, 2.75) is 56.4 Å². The zero-order valence-electron chi connectivity index (χ0n) is 20.4. The van der Waals surface area contributed by atoms with Crippen LogP contribution in [0, 0.1) is 0 Å². The fraction of sp³-hybridized carbons (Fsp3) is 0.500. The van der Waals surface area contributed by atoms with Crippen LogP contribution < -0.4 is 10.1 Å². The third kappa shape index (κ3) is 4.50. The summed E-state index contributed by atoms with van der Waals surface area (Å²) in [6, 6.07) is 6.16. The molecule has 1 saturated carbocycles. The third-order valence-corrected chi connectivity index (χ3v) is 7.28. The zero-order chi connectivity index (χ0) is 26.6. The molecule has 0 unspecified atom stereocenters. The quantitative estimate of drug-likeness (QED) is 0.357. The Morgan fingerprint density at radius 3 is 2.74 bits per heavy atom. The van der Waals surface area contributed by atoms with Gasteiger partial charge in [0.25, 0.3) is 12.3 Å². The molecule has 38 heavy (non-hydrogen) atoms. The number of hydrogen-bond acceptors (Lipinski definition) is 7. The van der Waals surface area contributed by atoms with Gasteiger partial charge in [-0.3, -0.25) is 4.90 Å². The molecule has 2 aliphatic rings. The molecule has 1 saturated heterocycles. The van der Waals surface area contributed by atoms with E-state index in [1.165, 1.54) is 7.11 Å². The summed E-state index contributed by atoms with van der Waals surface area (Å²) in [6.07, 6.45) is -2.17. The van der Waals surface area contributed by atoms with Gasteiger partial charge in [0.15, 0.2) is 0 Å². The molecule has 1 aliphatic heterocycles. The number of nitrogens with zero attached hydrogens (tertiary/aromatic N) is 7. The number of nitrogens with one attached hydrogen (secondary N) is 1. The van der Waals surface area contributed by atoms with E-state index >= 15 is 0 Å². The highest BCUT2D eigenvalue weighted by Gasteiger charge is 2.49. The number of likely N-dealkylation sites (tertiary alicyclic amines) is 1. The molecule has 2 fully saturated rings. The van der Waals surface area contributed by atoms with E-state index in [1.54, 1.807) is 39.9 Å². The Hall–Kier alpha value is -3.55. The van der Waals surface area contributed by atoms with Gasteiger partial charge in [-0.15, -0.1) is 10.2 Å². The van der Waals surface area contributed by atoms with Gasteiger partial charge in [0.2, 0.25) is 11.8 Å². The van der Waals surface area contributed by atoms with E-state index in [1.807, 2.05) is 0 Å². The Balaban J connectivity index is 1.24. The minimum Gasteiger partial charge on any atom is -0.479 e. The molecule has 2 atom stereocenters. The van der Waals surface area contributed by atoms with Crippen LogP contribution in [0.4, 0.5) is 27.9 Å². The van der Waals surface area contributed by atoms with Crippen LogP contribution in [0.2, 0.25) is 0 Å². The fourth-order valence-corrected chi connectivity index (χ4v) is 5.30. The summed E-state index contributed by atoms with van der Waals surface area (Å²) in [5.41, 5.74) is 2.91. The van der Waals surface area contributed by atoms with Crippen LogP contribution >= 0.6 is 0 Å². The van der Waals surface area contributed by atoms with Crippen molar-refractivity contribution < 1.29 is 26.7 Å². The number of aromatic nitrogens is 6. The maximum Gasteiger partial charge on any atom is 0.258 e. The van der Waals surface area contributed by atoms with Crippen LogP contribution in [0.5, 0.6) is 5.88 Å². The van der Waals surface area contributed by atoms with E-state index in [0.717, 1.165) is 4.68 Å². The highest BCUT2D eigenvalue weighted by molar-refractivity contribution is 5.89. The van der Waals surface area contributed by atoms with Crippen molar-refractivity contribution in [2.24, 2.45) is 0 Å². The van der Waals surface area contributed by atoms with Gasteiger partial charge in [-0.25, -0.2) is 31.1 Å². The highest BCUT2D eigenvalue weighted by atomic mass is 19.3. The largest absolute Gasteiger partial charge is 0.479 e. The van der Waals surface area contributed by atoms with Crippen LogP contribution in [0.3, 0.4) is 0 Å². The van der Waals surface area contributed by atoms with Crippen LogP contribution in [0.15, 0.2) is 30.5 Å². The summed E-state index contributed by atoms with van der Waals surface area (Å²) < 4.78 is 75.6. The third-order valence-electron chi connectivity index (χ3n) is 7.28. The first-order valence-corrected chi connectivity index (χ1v) is 12.3. The second-order valence-corrected chi connectivity index (χ2v) is 9.80. The molecule has 1 N–H and O–H groups in total. The number of piperidine rings is 1. The van der Waals surface area contributed by atoms with E-state index in [4.69, 9.17) is 4.74 Å². The second kappa shape index (κ2) is 9.33. The van der Waals surface area contributed by atoms with Gasteiger partial charge in [0.1, 0.15) is 23.7 Å². The van der Waals surface area contributed by atoms with Gasteiger partial charge in [-0.1, -0.05) is 11.3 Å². The molecule has 3 aromatic heterocycles. The normalized spacial score (nSPS) is 22.3. The minimum atomic E-state index is -2.64. The van der Waals surface area contributed by atoms with Crippen LogP contribution in [0.25, 0.3) is 27.7 Å². The summed E-state index contributed by atoms with van der Waals surface area (Å²) in [5, 5.41) is 15.3. The monoisotopic (exact) mass is 536 g/mol. The summed E-state index contributed by atoms with van der Waals surface area (Å²) in [6.45, 7) is 0.00977. The van der Waals surface area contributed by atoms with Gasteiger partial charge in [0.05, 0.1) is 18.7 Å². The Kier molecular flexibility index (Phi) is 6.08. The van der Waals surface area contributed by atoms with Crippen molar-refractivity contribution in [1.82, 2.24) is 34.5 Å². The zero-order valence-corrected chi connectivity index (χ0v) is 20.4. The first-order valence-electron chi connectivity index (χ1n) is 12.3. The fourth-order valence-electron chi connectivity index (χ4n) is 5.30. The van der Waals surface area contributed by atoms with Gasteiger partial charge in [-0.05, 0) is 30.2 Å². The standard InChI is InChI=1S/C24H25F5N8O/c1-38-22-21-15(13-2-3-18-19(8-13)37(34-32-18)12-20(26)27)4-7-36(21)33-23(31-22)30-17-5-6-35(11-16(17)25)14-9-24(28,29)10-14/h2-4,7-8,14,16-17,20H,5-6,9-12H2,1H3,(H,30,33)/t16-,17+/m1/s1. The molecule has 4 aromatic rings. The van der Waals surface area contributed by atoms with Crippen molar-refractivity contribution in [3.63, 3.8) is 0 Å². The summed E-state index contributed by atoms with van der Waals surface area (Å²) in [5.74, 6) is -2.23. The number of halogens is 5. The predicted octanol–water partition coefficient (Wildman–Crippen LogP) is 4.04. The maximum atomic E-state index is 15.0. The number of fused-ring (bicyclic) bond motifs is 2. The smallest absolute Gasteiger partial charge is 0.258 e. The SMILES string of the molecule is COc1nc(N[C@H]2CCN(C3CC(F)(F)C3)C[C@H]2F)nn2ccc(-c3ccc4nnn(CC(F)F)c4c3)c12. The molecule has 1 aliphatic carbocycles. The molecule has 4 heterocycles. The minimum absolute atomic E-state index is 0.0743. The molecular weight excluding hydrogens is 511 g/mol. The molecule has 0 spiro atoms. The van der Waals surface area contributed by atoms with Gasteiger partial charge in [-0.2, -0.15) is 4.98 Å². The lowest BCUT2D eigenvalue weighted by molar-refractivity contribution is -0.131. The van der Waals surface area contributed by atoms with E-state index in [9.17, 15) is 22.0 Å². The van der Waals surface area contributed by atoms with Gasteiger partial charge >= 0.3 is 0 Å². The molecule has 0 radical (unpaired) electrons. The number of alkyl halides is 5. The molecular formula is C24H25F5N8O. The molecule has 14 heteroatoms. The van der Waals surface area contributed by atoms with Crippen molar-refractivity contribution in [2.75, 3.05) is 25.5 Å². The Morgan fingerprint density at radius 2 is 2.03 bits per heavy atom. The highest BCUT2D eigenvalue weighted by Crippen LogP contribution is 2.41. The van der Waals surface area contributed by atoms with Crippen molar-refractivity contribution in [1.29, 1.82) is 0 Å². The van der Waals surface area contributed by atoms with Gasteiger partial charge < -0.3 is 10.1 Å². The second-order valence-electron chi connectivity index (χ2n) is 9.80. The summed E-state index contributed by atoms with van der Waals surface area (Å²) in [7, 11) is 1.46. The maximum absolute atomic E-state index is 15.0. The average molecular weight is 537 g/mol. The summed E-state index contributed by atoms with van der Waals surface area (Å²) in [4.78, 5) is 6.24. The Bertz CT molecular complexity index is 1470. The van der Waals surface area contributed by atoms with E-state index in [-0.39, 0.29) is 37.3 Å². The molecule has 6 rings (SSSR count). The number of hydrogen-bond donors (Lipinski definition) is 1. The molecule has 9 nitrogen and oxygen atoms in total. The number of rotatable bonds is 7. The first-order chi connectivity index (χ1) is 18.2. The number of methoxy groups -OCH3 is 1. The van der Waals surface area contributed by atoms with Crippen LogP contribution in [0.1, 0.15) is 19.3 Å². The lowest BCUT2D eigenvalue weighted by Gasteiger charge is -2.46. The number of benzene rings is 1. The molecule has 202 valence electrons. The molecule has 1 aromatic carbocycles. The van der Waals surface area contributed by atoms with Crippen molar-refractivity contribution in [3.8, 4) is 17.0 Å². The lowest BCUT2D eigenvalue weighted by Crippen LogP contribution is -2.57. The van der Waals surface area contributed by atoms with Crippen molar-refractivity contribution >= 4 is 22.5 Å². The van der Waals surface area contributed by atoms with Crippen LogP contribution in [-0.4, -0.2) is 85.3 Å².